The number of aromatic amines is 1. The molecule has 1 aromatic heterocycles. The van der Waals surface area contributed by atoms with Crippen LogP contribution in [0.5, 0.6) is 11.5 Å². The minimum atomic E-state index is -0.188. The molecule has 0 aliphatic heterocycles. The molecular formula is C35H35BrCl2N4O2. The van der Waals surface area contributed by atoms with Crippen LogP contribution in [-0.4, -0.2) is 27.8 Å². The van der Waals surface area contributed by atoms with E-state index in [1.165, 1.54) is 0 Å². The van der Waals surface area contributed by atoms with Gasteiger partial charge in [0.1, 0.15) is 23.7 Å². The second-order valence-electron chi connectivity index (χ2n) is 10.7. The summed E-state index contributed by atoms with van der Waals surface area (Å²) < 4.78 is 13.9. The molecule has 0 radical (unpaired) electrons. The molecule has 0 saturated carbocycles. The molecule has 44 heavy (non-hydrogen) atoms. The van der Waals surface area contributed by atoms with E-state index in [4.69, 9.17) is 38.5 Å². The normalized spacial score (nSPS) is 13.4. The Balaban J connectivity index is 1.24. The van der Waals surface area contributed by atoms with Gasteiger partial charge in [0.25, 0.3) is 0 Å². The summed E-state index contributed by atoms with van der Waals surface area (Å²) in [6.07, 6.45) is 5.62. The van der Waals surface area contributed by atoms with Crippen LogP contribution in [0.3, 0.4) is 0 Å². The maximum atomic E-state index is 6.64. The fourth-order valence-electron chi connectivity index (χ4n) is 5.02. The average molecular weight is 695 g/mol. The monoisotopic (exact) mass is 692 g/mol. The summed E-state index contributed by atoms with van der Waals surface area (Å²) in [5.41, 5.74) is 4.28. The van der Waals surface area contributed by atoms with Gasteiger partial charge in [0.15, 0.2) is 0 Å². The Hall–Kier alpha value is -3.33. The molecule has 5 rings (SSSR count). The third-order valence-corrected chi connectivity index (χ3v) is 8.57. The molecule has 0 fully saturated rings. The molecule has 4 aromatic carbocycles. The van der Waals surface area contributed by atoms with Crippen LogP contribution in [0.25, 0.3) is 11.1 Å². The summed E-state index contributed by atoms with van der Waals surface area (Å²) in [6.45, 7) is 2.78. The quantitative estimate of drug-likeness (QED) is 0.0895. The largest absolute Gasteiger partial charge is 0.486 e. The Morgan fingerprint density at radius 2 is 1.34 bits per heavy atom. The molecule has 3 atom stereocenters. The highest BCUT2D eigenvalue weighted by atomic mass is 79.9. The van der Waals surface area contributed by atoms with Crippen LogP contribution in [0.1, 0.15) is 49.5 Å². The van der Waals surface area contributed by atoms with Gasteiger partial charge in [0.2, 0.25) is 0 Å². The first-order chi connectivity index (χ1) is 21.3. The molecule has 9 heteroatoms. The van der Waals surface area contributed by atoms with Gasteiger partial charge >= 0.3 is 0 Å². The number of nitrogens with zero attached hydrogens (tertiary/aromatic N) is 2. The van der Waals surface area contributed by atoms with Gasteiger partial charge in [0, 0.05) is 45.3 Å². The second-order valence-corrected chi connectivity index (χ2v) is 12.5. The van der Waals surface area contributed by atoms with Crippen molar-refractivity contribution in [3.05, 3.63) is 135 Å². The molecule has 0 aliphatic carbocycles. The molecule has 3 N–H and O–H groups in total. The SMILES string of the molecule is CC(CCC(Oc1cccc(Cl)c1)c1ccc(-c2cn[nH]c2)cc1)N(N)CCC(Oc1cccc(Cl)c1)c1ccc(Br)cc1. The van der Waals surface area contributed by atoms with Crippen molar-refractivity contribution in [3.8, 4) is 22.6 Å². The van der Waals surface area contributed by atoms with E-state index < -0.39 is 0 Å². The summed E-state index contributed by atoms with van der Waals surface area (Å²) in [5, 5.41) is 10.1. The molecule has 0 amide bonds. The van der Waals surface area contributed by atoms with E-state index in [1.807, 2.05) is 78.1 Å². The van der Waals surface area contributed by atoms with Crippen molar-refractivity contribution in [1.29, 1.82) is 0 Å². The van der Waals surface area contributed by atoms with E-state index in [-0.39, 0.29) is 18.2 Å². The average Bonchev–Trinajstić information content (AvgIpc) is 3.57. The van der Waals surface area contributed by atoms with E-state index in [9.17, 15) is 0 Å². The van der Waals surface area contributed by atoms with Crippen molar-refractivity contribution in [2.75, 3.05) is 6.54 Å². The highest BCUT2D eigenvalue weighted by Gasteiger charge is 2.21. The second kappa shape index (κ2) is 15.6. The van der Waals surface area contributed by atoms with Crippen LogP contribution in [0, 0.1) is 0 Å². The third-order valence-electron chi connectivity index (χ3n) is 7.57. The zero-order valence-electron chi connectivity index (χ0n) is 24.4. The number of halogens is 3. The minimum absolute atomic E-state index is 0.0994. The number of hydrazine groups is 1. The summed E-state index contributed by atoms with van der Waals surface area (Å²) >= 11 is 16.0. The summed E-state index contributed by atoms with van der Waals surface area (Å²) in [7, 11) is 0. The molecule has 0 saturated heterocycles. The lowest BCUT2D eigenvalue weighted by Crippen LogP contribution is -2.41. The smallest absolute Gasteiger partial charge is 0.125 e. The summed E-state index contributed by atoms with van der Waals surface area (Å²) in [6, 6.07) is 31.7. The molecule has 3 unspecified atom stereocenters. The Kier molecular flexibility index (Phi) is 11.4. The van der Waals surface area contributed by atoms with Gasteiger partial charge in [-0.05, 0) is 85.0 Å². The summed E-state index contributed by atoms with van der Waals surface area (Å²) in [5.74, 6) is 8.09. The number of nitrogens with two attached hydrogens (primary N) is 1. The molecule has 6 nitrogen and oxygen atoms in total. The number of rotatable bonds is 14. The number of nitrogens with one attached hydrogen (secondary N) is 1. The first-order valence-electron chi connectivity index (χ1n) is 14.5. The van der Waals surface area contributed by atoms with Crippen LogP contribution in [0.15, 0.2) is 114 Å². The topological polar surface area (TPSA) is 76.4 Å². The van der Waals surface area contributed by atoms with Crippen molar-refractivity contribution in [3.63, 3.8) is 0 Å². The zero-order chi connectivity index (χ0) is 30.9. The van der Waals surface area contributed by atoms with Crippen molar-refractivity contribution in [1.82, 2.24) is 15.2 Å². The predicted molar refractivity (Wildman–Crippen MR) is 182 cm³/mol. The van der Waals surface area contributed by atoms with Crippen molar-refractivity contribution < 1.29 is 9.47 Å². The van der Waals surface area contributed by atoms with Crippen LogP contribution in [0.2, 0.25) is 10.0 Å². The van der Waals surface area contributed by atoms with Crippen molar-refractivity contribution in [2.24, 2.45) is 5.84 Å². The lowest BCUT2D eigenvalue weighted by molar-refractivity contribution is 0.127. The number of H-pyrrole nitrogens is 1. The number of benzene rings is 4. The van der Waals surface area contributed by atoms with E-state index in [1.54, 1.807) is 0 Å². The molecule has 0 aliphatic rings. The van der Waals surface area contributed by atoms with E-state index in [0.717, 1.165) is 51.1 Å². The highest BCUT2D eigenvalue weighted by Crippen LogP contribution is 2.31. The molecule has 228 valence electrons. The van der Waals surface area contributed by atoms with E-state index in [2.05, 4.69) is 69.4 Å². The molecule has 1 heterocycles. The van der Waals surface area contributed by atoms with Crippen LogP contribution >= 0.6 is 39.1 Å². The van der Waals surface area contributed by atoms with Gasteiger partial charge in [-0.2, -0.15) is 5.10 Å². The van der Waals surface area contributed by atoms with Gasteiger partial charge < -0.3 is 9.47 Å². The molecule has 5 aromatic rings. The fourth-order valence-corrected chi connectivity index (χ4v) is 5.64. The van der Waals surface area contributed by atoms with Crippen LogP contribution < -0.4 is 15.3 Å². The molecule has 0 bridgehead atoms. The number of ether oxygens (including phenoxy) is 2. The standard InChI is InChI=1S/C35H35BrCl2N4O2/c1-24(42(39)19-18-35(27-13-15-29(36)16-14-27)44-33-7-3-5-31(38)21-33)8-17-34(43-32-6-2-4-30(37)20-32)26-11-9-25(10-12-26)28-22-40-41-23-28/h2-7,9-16,20-24,34-35H,8,17-19,39H2,1H3,(H,40,41). The first-order valence-corrected chi connectivity index (χ1v) is 16.1. The van der Waals surface area contributed by atoms with Gasteiger partial charge in [-0.15, -0.1) is 0 Å². The number of aromatic nitrogens is 2. The molecule has 0 spiro atoms. The third kappa shape index (κ3) is 9.10. The maximum Gasteiger partial charge on any atom is 0.125 e. The zero-order valence-corrected chi connectivity index (χ0v) is 27.5. The predicted octanol–water partition coefficient (Wildman–Crippen LogP) is 9.82. The van der Waals surface area contributed by atoms with Crippen LogP contribution in [-0.2, 0) is 0 Å². The van der Waals surface area contributed by atoms with Gasteiger partial charge in [-0.1, -0.05) is 87.7 Å². The van der Waals surface area contributed by atoms with Crippen molar-refractivity contribution >= 4 is 39.1 Å². The highest BCUT2D eigenvalue weighted by molar-refractivity contribution is 9.10. The Labute approximate surface area is 277 Å². The fraction of sp³-hybridized carbons (Fsp3) is 0.229. The van der Waals surface area contributed by atoms with E-state index in [0.29, 0.717) is 23.0 Å². The number of hydrogen-bond donors (Lipinski definition) is 2. The van der Waals surface area contributed by atoms with Gasteiger partial charge in [0.05, 0.1) is 6.20 Å². The Morgan fingerprint density at radius 3 is 1.89 bits per heavy atom. The lowest BCUT2D eigenvalue weighted by atomic mass is 9.99. The van der Waals surface area contributed by atoms with Gasteiger partial charge in [-0.3, -0.25) is 10.9 Å². The maximum absolute atomic E-state index is 6.64. The Morgan fingerprint density at radius 1 is 0.773 bits per heavy atom. The minimum Gasteiger partial charge on any atom is -0.486 e. The van der Waals surface area contributed by atoms with Crippen LogP contribution in [0.4, 0.5) is 0 Å². The van der Waals surface area contributed by atoms with E-state index >= 15 is 0 Å². The summed E-state index contributed by atoms with van der Waals surface area (Å²) in [4.78, 5) is 0. The number of hydrogen-bond acceptors (Lipinski definition) is 5. The van der Waals surface area contributed by atoms with Gasteiger partial charge in [-0.25, -0.2) is 5.01 Å². The first kappa shape index (κ1) is 32.1. The van der Waals surface area contributed by atoms with Crippen molar-refractivity contribution in [2.45, 2.75) is 44.4 Å². The Bertz CT molecular complexity index is 1600. The lowest BCUT2D eigenvalue weighted by Gasteiger charge is -2.28. The molecular weight excluding hydrogens is 659 g/mol.